The molecule has 0 spiro atoms. The highest BCUT2D eigenvalue weighted by Gasteiger charge is 2.50. The summed E-state index contributed by atoms with van der Waals surface area (Å²) in [7, 11) is 0. The van der Waals surface area contributed by atoms with Gasteiger partial charge in [-0.15, -0.1) is 0 Å². The molecule has 1 unspecified atom stereocenters. The van der Waals surface area contributed by atoms with Gasteiger partial charge in [0, 0.05) is 6.20 Å². The Morgan fingerprint density at radius 2 is 2.38 bits per heavy atom. The maximum Gasteiger partial charge on any atom is 0.241 e. The maximum absolute atomic E-state index is 11.8. The van der Waals surface area contributed by atoms with Crippen molar-refractivity contribution in [1.82, 2.24) is 10.3 Å². The molecule has 0 aliphatic heterocycles. The van der Waals surface area contributed by atoms with Crippen molar-refractivity contribution in [1.29, 1.82) is 5.26 Å². The molecule has 16 heavy (non-hydrogen) atoms. The average molecular weight is 215 g/mol. The van der Waals surface area contributed by atoms with Gasteiger partial charge in [-0.3, -0.25) is 9.78 Å². The molecule has 4 nitrogen and oxygen atoms in total. The monoisotopic (exact) mass is 215 g/mol. The predicted molar refractivity (Wildman–Crippen MR) is 58.1 cm³/mol. The maximum atomic E-state index is 11.8. The Bertz CT molecular complexity index is 431. The number of rotatable bonds is 3. The molecule has 0 saturated heterocycles. The molecule has 82 valence electrons. The third-order valence-corrected chi connectivity index (χ3v) is 2.88. The van der Waals surface area contributed by atoms with Gasteiger partial charge in [0.2, 0.25) is 5.91 Å². The quantitative estimate of drug-likeness (QED) is 0.832. The van der Waals surface area contributed by atoms with Crippen molar-refractivity contribution in [3.8, 4) is 6.07 Å². The molecule has 4 heteroatoms. The van der Waals surface area contributed by atoms with Gasteiger partial charge in [0.05, 0.1) is 17.8 Å². The highest BCUT2D eigenvalue weighted by molar-refractivity contribution is 5.88. The Kier molecular flexibility index (Phi) is 2.61. The van der Waals surface area contributed by atoms with E-state index in [0.717, 1.165) is 5.69 Å². The van der Waals surface area contributed by atoms with Gasteiger partial charge in [0.15, 0.2) is 0 Å². The zero-order valence-electron chi connectivity index (χ0n) is 9.10. The van der Waals surface area contributed by atoms with E-state index in [9.17, 15) is 4.79 Å². The normalized spacial score (nSPS) is 18.2. The largest absolute Gasteiger partial charge is 0.347 e. The molecule has 1 aliphatic rings. The first-order valence-electron chi connectivity index (χ1n) is 5.31. The first kappa shape index (κ1) is 10.6. The number of nitrogens with zero attached hydrogens (tertiary/aromatic N) is 2. The van der Waals surface area contributed by atoms with Gasteiger partial charge in [0.1, 0.15) is 5.41 Å². The van der Waals surface area contributed by atoms with Crippen LogP contribution in [0.3, 0.4) is 0 Å². The Morgan fingerprint density at radius 3 is 2.88 bits per heavy atom. The van der Waals surface area contributed by atoms with E-state index in [1.807, 2.05) is 25.1 Å². The van der Waals surface area contributed by atoms with Crippen molar-refractivity contribution < 1.29 is 4.79 Å². The van der Waals surface area contributed by atoms with Gasteiger partial charge in [0.25, 0.3) is 0 Å². The second kappa shape index (κ2) is 3.93. The third-order valence-electron chi connectivity index (χ3n) is 2.88. The minimum atomic E-state index is -0.761. The first-order valence-corrected chi connectivity index (χ1v) is 5.31. The molecular formula is C12H13N3O. The smallest absolute Gasteiger partial charge is 0.241 e. The lowest BCUT2D eigenvalue weighted by atomic mass is 10.1. The number of hydrogen-bond donors (Lipinski definition) is 1. The number of carbonyl (C=O) groups excluding carboxylic acids is 1. The van der Waals surface area contributed by atoms with Crippen molar-refractivity contribution in [2.75, 3.05) is 0 Å². The zero-order chi connectivity index (χ0) is 11.6. The molecule has 1 amide bonds. The third kappa shape index (κ3) is 1.89. The van der Waals surface area contributed by atoms with Crippen LogP contribution < -0.4 is 5.32 Å². The predicted octanol–water partition coefficient (Wildman–Crippen LogP) is 1.56. The molecule has 0 radical (unpaired) electrons. The molecule has 0 aromatic carbocycles. The van der Waals surface area contributed by atoms with Crippen LogP contribution in [0.5, 0.6) is 0 Å². The zero-order valence-corrected chi connectivity index (χ0v) is 9.10. The van der Waals surface area contributed by atoms with E-state index in [-0.39, 0.29) is 11.9 Å². The molecule has 1 aromatic rings. The SMILES string of the molecule is CC(NC(=O)C1(C#N)CC1)c1ccccn1. The lowest BCUT2D eigenvalue weighted by Crippen LogP contribution is -2.33. The number of amides is 1. The van der Waals surface area contributed by atoms with Crippen LogP contribution in [0.25, 0.3) is 0 Å². The molecule has 1 atom stereocenters. The van der Waals surface area contributed by atoms with Gasteiger partial charge in [-0.2, -0.15) is 5.26 Å². The minimum Gasteiger partial charge on any atom is -0.347 e. The number of carbonyl (C=O) groups is 1. The Morgan fingerprint density at radius 1 is 1.62 bits per heavy atom. The van der Waals surface area contributed by atoms with E-state index < -0.39 is 5.41 Å². The minimum absolute atomic E-state index is 0.153. The van der Waals surface area contributed by atoms with Crippen molar-refractivity contribution in [3.63, 3.8) is 0 Å². The van der Waals surface area contributed by atoms with Crippen LogP contribution >= 0.6 is 0 Å². The van der Waals surface area contributed by atoms with Crippen LogP contribution in [0, 0.1) is 16.7 Å². The molecular weight excluding hydrogens is 202 g/mol. The van der Waals surface area contributed by atoms with E-state index in [0.29, 0.717) is 12.8 Å². The summed E-state index contributed by atoms with van der Waals surface area (Å²) in [6.45, 7) is 1.87. The van der Waals surface area contributed by atoms with Crippen LogP contribution in [-0.2, 0) is 4.79 Å². The van der Waals surface area contributed by atoms with Gasteiger partial charge in [-0.05, 0) is 31.9 Å². The molecule has 1 heterocycles. The Labute approximate surface area is 94.3 Å². The molecule has 1 N–H and O–H groups in total. The van der Waals surface area contributed by atoms with Crippen molar-refractivity contribution >= 4 is 5.91 Å². The summed E-state index contributed by atoms with van der Waals surface area (Å²) >= 11 is 0. The summed E-state index contributed by atoms with van der Waals surface area (Å²) in [5.41, 5.74) is 0.0489. The van der Waals surface area contributed by atoms with Gasteiger partial charge >= 0.3 is 0 Å². The summed E-state index contributed by atoms with van der Waals surface area (Å²) in [4.78, 5) is 15.9. The topological polar surface area (TPSA) is 65.8 Å². The number of hydrogen-bond acceptors (Lipinski definition) is 3. The van der Waals surface area contributed by atoms with E-state index >= 15 is 0 Å². The first-order chi connectivity index (χ1) is 7.68. The number of nitriles is 1. The average Bonchev–Trinajstić information content (AvgIpc) is 3.11. The lowest BCUT2D eigenvalue weighted by molar-refractivity contribution is -0.125. The van der Waals surface area contributed by atoms with E-state index in [1.54, 1.807) is 6.20 Å². The van der Waals surface area contributed by atoms with Gasteiger partial charge in [-0.25, -0.2) is 0 Å². The molecule has 1 saturated carbocycles. The molecule has 1 fully saturated rings. The van der Waals surface area contributed by atoms with Crippen LogP contribution in [-0.4, -0.2) is 10.9 Å². The standard InChI is InChI=1S/C12H13N3O/c1-9(10-4-2-3-7-14-10)15-11(16)12(8-13)5-6-12/h2-4,7,9H,5-6H2,1H3,(H,15,16). The summed E-state index contributed by atoms with van der Waals surface area (Å²) in [5.74, 6) is -0.173. The lowest BCUT2D eigenvalue weighted by Gasteiger charge is -2.15. The number of aromatic nitrogens is 1. The molecule has 1 aliphatic carbocycles. The summed E-state index contributed by atoms with van der Waals surface area (Å²) in [6.07, 6.45) is 3.03. The van der Waals surface area contributed by atoms with Crippen LogP contribution in [0.4, 0.5) is 0 Å². The second-order valence-corrected chi connectivity index (χ2v) is 4.14. The van der Waals surface area contributed by atoms with Crippen LogP contribution in [0.1, 0.15) is 31.5 Å². The summed E-state index contributed by atoms with van der Waals surface area (Å²) in [6, 6.07) is 7.49. The number of nitrogens with one attached hydrogen (secondary N) is 1. The Hall–Kier alpha value is -1.89. The van der Waals surface area contributed by atoms with Gasteiger partial charge < -0.3 is 5.32 Å². The summed E-state index contributed by atoms with van der Waals surface area (Å²) < 4.78 is 0. The van der Waals surface area contributed by atoms with Gasteiger partial charge in [-0.1, -0.05) is 6.07 Å². The van der Waals surface area contributed by atoms with Crippen molar-refractivity contribution in [2.45, 2.75) is 25.8 Å². The molecule has 1 aromatic heterocycles. The van der Waals surface area contributed by atoms with E-state index in [4.69, 9.17) is 5.26 Å². The number of pyridine rings is 1. The van der Waals surface area contributed by atoms with E-state index in [1.165, 1.54) is 0 Å². The van der Waals surface area contributed by atoms with Crippen LogP contribution in [0.2, 0.25) is 0 Å². The van der Waals surface area contributed by atoms with E-state index in [2.05, 4.69) is 16.4 Å². The molecule has 2 rings (SSSR count). The molecule has 0 bridgehead atoms. The highest BCUT2D eigenvalue weighted by Crippen LogP contribution is 2.45. The fourth-order valence-electron chi connectivity index (χ4n) is 1.56. The van der Waals surface area contributed by atoms with Crippen molar-refractivity contribution in [3.05, 3.63) is 30.1 Å². The summed E-state index contributed by atoms with van der Waals surface area (Å²) in [5, 5.41) is 11.7. The Balaban J connectivity index is 2.01. The second-order valence-electron chi connectivity index (χ2n) is 4.14. The van der Waals surface area contributed by atoms with Crippen LogP contribution in [0.15, 0.2) is 24.4 Å². The van der Waals surface area contributed by atoms with Crippen molar-refractivity contribution in [2.24, 2.45) is 5.41 Å². The fourth-order valence-corrected chi connectivity index (χ4v) is 1.56. The fraction of sp³-hybridized carbons (Fsp3) is 0.417. The highest BCUT2D eigenvalue weighted by atomic mass is 16.2.